The molecule has 1 aromatic rings. The van der Waals surface area contributed by atoms with E-state index in [2.05, 4.69) is 38.1 Å². The molecule has 0 heterocycles. The highest BCUT2D eigenvalue weighted by molar-refractivity contribution is 5.30. The first-order valence-corrected chi connectivity index (χ1v) is 4.74. The highest BCUT2D eigenvalue weighted by Crippen LogP contribution is 2.34. The molecule has 0 unspecified atom stereocenters. The van der Waals surface area contributed by atoms with Crippen LogP contribution in [0.15, 0.2) is 24.3 Å². The minimum Gasteiger partial charge on any atom is -0.0776 e. The summed E-state index contributed by atoms with van der Waals surface area (Å²) >= 11 is 0. The fourth-order valence-corrected chi connectivity index (χ4v) is 2.05. The monoisotopic (exact) mass is 192 g/mol. The van der Waals surface area contributed by atoms with Gasteiger partial charge < -0.3 is 0 Å². The summed E-state index contributed by atoms with van der Waals surface area (Å²) < 4.78 is 0. The zero-order valence-corrected chi connectivity index (χ0v) is 7.93. The summed E-state index contributed by atoms with van der Waals surface area (Å²) in [5.74, 6) is 0. The highest BCUT2D eigenvalue weighted by Gasteiger charge is 2.24. The molecular weight excluding hydrogens is 168 g/mol. The van der Waals surface area contributed by atoms with Gasteiger partial charge in [0.2, 0.25) is 0 Å². The summed E-state index contributed by atoms with van der Waals surface area (Å²) in [4.78, 5) is 0. The van der Waals surface area contributed by atoms with E-state index >= 15 is 0 Å². The number of aryl methyl sites for hydroxylation is 1. The minimum absolute atomic E-state index is 0. The van der Waals surface area contributed by atoms with Gasteiger partial charge in [-0.2, -0.15) is 0 Å². The van der Waals surface area contributed by atoms with Crippen molar-refractivity contribution in [2.45, 2.75) is 48.0 Å². The summed E-state index contributed by atoms with van der Waals surface area (Å²) in [7, 11) is 0. The van der Waals surface area contributed by atoms with Crippen molar-refractivity contribution in [2.24, 2.45) is 5.41 Å². The SMILES string of the molecule is C.C.CC1(C)CCc2ccccc2C1. The molecule has 0 amide bonds. The molecule has 0 saturated heterocycles. The summed E-state index contributed by atoms with van der Waals surface area (Å²) in [6.07, 6.45) is 3.86. The van der Waals surface area contributed by atoms with Gasteiger partial charge in [-0.15, -0.1) is 0 Å². The molecular formula is C14H24. The first-order chi connectivity index (χ1) is 5.67. The summed E-state index contributed by atoms with van der Waals surface area (Å²) in [6.45, 7) is 4.73. The van der Waals surface area contributed by atoms with Crippen LogP contribution in [0.1, 0.15) is 46.2 Å². The smallest absolute Gasteiger partial charge is 0.0224 e. The fourth-order valence-electron chi connectivity index (χ4n) is 2.05. The average Bonchev–Trinajstić information content (AvgIpc) is 2.02. The van der Waals surface area contributed by atoms with Crippen molar-refractivity contribution < 1.29 is 0 Å². The second-order valence-electron chi connectivity index (χ2n) is 4.61. The Bertz CT molecular complexity index is 284. The molecule has 0 saturated carbocycles. The maximum absolute atomic E-state index is 2.36. The van der Waals surface area contributed by atoms with Crippen LogP contribution in [0.2, 0.25) is 0 Å². The van der Waals surface area contributed by atoms with Gasteiger partial charge in [-0.1, -0.05) is 53.0 Å². The van der Waals surface area contributed by atoms with Gasteiger partial charge in [-0.05, 0) is 35.8 Å². The van der Waals surface area contributed by atoms with E-state index in [4.69, 9.17) is 0 Å². The van der Waals surface area contributed by atoms with E-state index in [0.29, 0.717) is 5.41 Å². The lowest BCUT2D eigenvalue weighted by atomic mass is 9.74. The highest BCUT2D eigenvalue weighted by atomic mass is 14.3. The molecule has 1 aromatic carbocycles. The summed E-state index contributed by atoms with van der Waals surface area (Å²) in [5, 5.41) is 0. The van der Waals surface area contributed by atoms with Gasteiger partial charge in [0.05, 0.1) is 0 Å². The molecule has 2 rings (SSSR count). The van der Waals surface area contributed by atoms with Crippen molar-refractivity contribution in [3.8, 4) is 0 Å². The maximum atomic E-state index is 2.36. The Kier molecular flexibility index (Phi) is 4.38. The molecule has 0 aliphatic heterocycles. The molecule has 80 valence electrons. The third kappa shape index (κ3) is 2.60. The Labute approximate surface area is 89.4 Å². The van der Waals surface area contributed by atoms with Crippen LogP contribution in [0.4, 0.5) is 0 Å². The molecule has 1 aliphatic rings. The molecule has 0 bridgehead atoms. The third-order valence-corrected chi connectivity index (χ3v) is 2.86. The normalized spacial score (nSPS) is 17.3. The van der Waals surface area contributed by atoms with Crippen LogP contribution in [0, 0.1) is 5.41 Å². The molecule has 0 aromatic heterocycles. The van der Waals surface area contributed by atoms with Crippen LogP contribution in [0.25, 0.3) is 0 Å². The second-order valence-corrected chi connectivity index (χ2v) is 4.61. The van der Waals surface area contributed by atoms with Crippen molar-refractivity contribution in [2.75, 3.05) is 0 Å². The standard InChI is InChI=1S/C12H16.2CH4/c1-12(2)8-7-10-5-3-4-6-11(10)9-12;;/h3-6H,7-9H2,1-2H3;2*1H4. The molecule has 0 radical (unpaired) electrons. The van der Waals surface area contributed by atoms with Gasteiger partial charge in [0.15, 0.2) is 0 Å². The molecule has 0 atom stereocenters. The van der Waals surface area contributed by atoms with E-state index in [9.17, 15) is 0 Å². The lowest BCUT2D eigenvalue weighted by Gasteiger charge is -2.31. The van der Waals surface area contributed by atoms with Crippen LogP contribution in [0.5, 0.6) is 0 Å². The van der Waals surface area contributed by atoms with Crippen LogP contribution in [0.3, 0.4) is 0 Å². The second kappa shape index (κ2) is 4.63. The van der Waals surface area contributed by atoms with E-state index in [1.807, 2.05) is 0 Å². The van der Waals surface area contributed by atoms with Gasteiger partial charge in [0.25, 0.3) is 0 Å². The van der Waals surface area contributed by atoms with Crippen molar-refractivity contribution >= 4 is 0 Å². The lowest BCUT2D eigenvalue weighted by molar-refractivity contribution is 0.315. The third-order valence-electron chi connectivity index (χ3n) is 2.86. The number of benzene rings is 1. The van der Waals surface area contributed by atoms with Gasteiger partial charge in [-0.25, -0.2) is 0 Å². The zero-order chi connectivity index (χ0) is 8.60. The maximum Gasteiger partial charge on any atom is -0.0224 e. The molecule has 0 fully saturated rings. The molecule has 0 nitrogen and oxygen atoms in total. The molecule has 14 heavy (non-hydrogen) atoms. The first-order valence-electron chi connectivity index (χ1n) is 4.74. The Hall–Kier alpha value is -0.780. The summed E-state index contributed by atoms with van der Waals surface area (Å²) in [5.41, 5.74) is 3.65. The van der Waals surface area contributed by atoms with Gasteiger partial charge in [-0.3, -0.25) is 0 Å². The van der Waals surface area contributed by atoms with Gasteiger partial charge >= 0.3 is 0 Å². The van der Waals surface area contributed by atoms with Crippen LogP contribution < -0.4 is 0 Å². The molecule has 0 spiro atoms. The van der Waals surface area contributed by atoms with Crippen molar-refractivity contribution in [1.29, 1.82) is 0 Å². The van der Waals surface area contributed by atoms with Gasteiger partial charge in [0.1, 0.15) is 0 Å². The predicted molar refractivity (Wildman–Crippen MR) is 65.7 cm³/mol. The van der Waals surface area contributed by atoms with E-state index in [-0.39, 0.29) is 14.9 Å². The van der Waals surface area contributed by atoms with Crippen molar-refractivity contribution in [3.05, 3.63) is 35.4 Å². The molecule has 1 aliphatic carbocycles. The number of fused-ring (bicyclic) bond motifs is 1. The van der Waals surface area contributed by atoms with Crippen LogP contribution in [-0.4, -0.2) is 0 Å². The number of hydrogen-bond acceptors (Lipinski definition) is 0. The largest absolute Gasteiger partial charge is 0.0776 e. The fraction of sp³-hybridized carbons (Fsp3) is 0.571. The van der Waals surface area contributed by atoms with Crippen LogP contribution in [-0.2, 0) is 12.8 Å². The quantitative estimate of drug-likeness (QED) is 0.569. The number of hydrogen-bond donors (Lipinski definition) is 0. The van der Waals surface area contributed by atoms with Gasteiger partial charge in [0, 0.05) is 0 Å². The Morgan fingerprint density at radius 3 is 2.21 bits per heavy atom. The first kappa shape index (κ1) is 13.2. The Balaban J connectivity index is 0.000000845. The Morgan fingerprint density at radius 1 is 1.00 bits per heavy atom. The minimum atomic E-state index is 0. The van der Waals surface area contributed by atoms with E-state index in [1.54, 1.807) is 11.1 Å². The van der Waals surface area contributed by atoms with E-state index in [0.717, 1.165) is 0 Å². The van der Waals surface area contributed by atoms with Crippen LogP contribution >= 0.6 is 0 Å². The Morgan fingerprint density at radius 2 is 1.57 bits per heavy atom. The molecule has 0 heteroatoms. The zero-order valence-electron chi connectivity index (χ0n) is 7.93. The lowest BCUT2D eigenvalue weighted by Crippen LogP contribution is -2.21. The van der Waals surface area contributed by atoms with Crippen molar-refractivity contribution in [3.63, 3.8) is 0 Å². The average molecular weight is 192 g/mol. The van der Waals surface area contributed by atoms with E-state index in [1.165, 1.54) is 19.3 Å². The topological polar surface area (TPSA) is 0 Å². The molecule has 0 N–H and O–H groups in total. The summed E-state index contributed by atoms with van der Waals surface area (Å²) in [6, 6.07) is 8.85. The number of rotatable bonds is 0. The van der Waals surface area contributed by atoms with E-state index < -0.39 is 0 Å². The predicted octanol–water partition coefficient (Wildman–Crippen LogP) is 4.47. The van der Waals surface area contributed by atoms with Crippen molar-refractivity contribution in [1.82, 2.24) is 0 Å².